The highest BCUT2D eigenvalue weighted by atomic mass is 16.3. The third kappa shape index (κ3) is 3.61. The molecule has 0 saturated heterocycles. The van der Waals surface area contributed by atoms with E-state index in [4.69, 9.17) is 5.11 Å². The number of fused-ring (bicyclic) bond motifs is 1. The number of hydrogen-bond donors (Lipinski definition) is 4. The second-order valence-electron chi connectivity index (χ2n) is 6.50. The fourth-order valence-electron chi connectivity index (χ4n) is 3.20. The Balaban J connectivity index is 1.59. The number of benzene rings is 1. The first-order chi connectivity index (χ1) is 14.1. The number of hydrogen-bond acceptors (Lipinski definition) is 4. The van der Waals surface area contributed by atoms with Crippen LogP contribution in [0, 0.1) is 0 Å². The van der Waals surface area contributed by atoms with Gasteiger partial charge in [0, 0.05) is 35.9 Å². The standard InChI is InChI=1S/C21H18N4O4/c26-10-9-25-8-2-4-16(21(25)29)19(27)23-14-5-6-15-17(11-13-3-1-7-22-13)20(28)24-18(15)12-14/h1-8,11-12,22,26H,9-10H2,(H,23,27)(H,24,28)/b17-11-. The number of carbonyl (C=O) groups excluding carboxylic acids is 2. The van der Waals surface area contributed by atoms with Crippen molar-refractivity contribution in [2.45, 2.75) is 6.54 Å². The van der Waals surface area contributed by atoms with Gasteiger partial charge < -0.3 is 25.3 Å². The highest BCUT2D eigenvalue weighted by Crippen LogP contribution is 2.34. The Bertz CT molecular complexity index is 1180. The third-order valence-corrected chi connectivity index (χ3v) is 4.59. The summed E-state index contributed by atoms with van der Waals surface area (Å²) in [6, 6.07) is 11.8. The van der Waals surface area contributed by atoms with Crippen molar-refractivity contribution in [3.8, 4) is 0 Å². The molecule has 4 rings (SSSR count). The predicted octanol–water partition coefficient (Wildman–Crippen LogP) is 1.91. The van der Waals surface area contributed by atoms with Crippen LogP contribution in [0.4, 0.5) is 11.4 Å². The molecule has 0 atom stereocenters. The lowest BCUT2D eigenvalue weighted by Gasteiger charge is -2.09. The van der Waals surface area contributed by atoms with Gasteiger partial charge in [-0.05, 0) is 42.5 Å². The quantitative estimate of drug-likeness (QED) is 0.498. The van der Waals surface area contributed by atoms with Gasteiger partial charge in [-0.1, -0.05) is 6.07 Å². The summed E-state index contributed by atoms with van der Waals surface area (Å²) in [4.78, 5) is 40.2. The number of anilines is 2. The van der Waals surface area contributed by atoms with Crippen molar-refractivity contribution in [1.29, 1.82) is 0 Å². The lowest BCUT2D eigenvalue weighted by Crippen LogP contribution is -2.29. The monoisotopic (exact) mass is 390 g/mol. The number of aromatic nitrogens is 2. The molecule has 0 saturated carbocycles. The lowest BCUT2D eigenvalue weighted by molar-refractivity contribution is -0.110. The van der Waals surface area contributed by atoms with Crippen molar-refractivity contribution in [2.24, 2.45) is 0 Å². The number of nitrogens with zero attached hydrogens (tertiary/aromatic N) is 1. The Morgan fingerprint density at radius 1 is 1.17 bits per heavy atom. The van der Waals surface area contributed by atoms with Crippen LogP contribution in [0.15, 0.2) is 59.7 Å². The second kappa shape index (κ2) is 7.61. The summed E-state index contributed by atoms with van der Waals surface area (Å²) < 4.78 is 1.27. The van der Waals surface area contributed by atoms with Gasteiger partial charge in [-0.15, -0.1) is 0 Å². The number of aliphatic hydroxyl groups is 1. The Morgan fingerprint density at radius 2 is 2.03 bits per heavy atom. The van der Waals surface area contributed by atoms with Gasteiger partial charge in [-0.3, -0.25) is 14.4 Å². The van der Waals surface area contributed by atoms with Crippen LogP contribution in [-0.4, -0.2) is 33.1 Å². The van der Waals surface area contributed by atoms with Crippen LogP contribution in [0.2, 0.25) is 0 Å². The molecule has 0 unspecified atom stereocenters. The molecule has 0 bridgehead atoms. The molecular weight excluding hydrogens is 372 g/mol. The van der Waals surface area contributed by atoms with Gasteiger partial charge in [-0.25, -0.2) is 0 Å². The summed E-state index contributed by atoms with van der Waals surface area (Å²) in [6.07, 6.45) is 5.04. The van der Waals surface area contributed by atoms with Crippen LogP contribution in [0.3, 0.4) is 0 Å². The topological polar surface area (TPSA) is 116 Å². The number of aromatic amines is 1. The minimum Gasteiger partial charge on any atom is -0.395 e. The van der Waals surface area contributed by atoms with E-state index in [1.807, 2.05) is 12.1 Å². The first kappa shape index (κ1) is 18.5. The molecule has 3 aromatic rings. The SMILES string of the molecule is O=C1Nc2cc(NC(=O)c3cccn(CCO)c3=O)ccc2/C1=C/c1ccc[nH]1. The summed E-state index contributed by atoms with van der Waals surface area (Å²) in [6.45, 7) is -0.0887. The van der Waals surface area contributed by atoms with Gasteiger partial charge in [-0.2, -0.15) is 0 Å². The predicted molar refractivity (Wildman–Crippen MR) is 109 cm³/mol. The Hall–Kier alpha value is -3.91. The molecule has 29 heavy (non-hydrogen) atoms. The molecule has 4 N–H and O–H groups in total. The van der Waals surface area contributed by atoms with Crippen LogP contribution >= 0.6 is 0 Å². The molecule has 0 fully saturated rings. The fraction of sp³-hybridized carbons (Fsp3) is 0.0952. The molecule has 1 aliphatic heterocycles. The highest BCUT2D eigenvalue weighted by Gasteiger charge is 2.24. The molecule has 8 heteroatoms. The van der Waals surface area contributed by atoms with Gasteiger partial charge in [0.05, 0.1) is 17.9 Å². The van der Waals surface area contributed by atoms with Crippen LogP contribution in [0.1, 0.15) is 21.6 Å². The molecule has 3 heterocycles. The van der Waals surface area contributed by atoms with Crippen LogP contribution in [0.5, 0.6) is 0 Å². The summed E-state index contributed by atoms with van der Waals surface area (Å²) in [5.41, 5.74) is 2.58. The molecule has 2 amide bonds. The van der Waals surface area contributed by atoms with Crippen LogP contribution < -0.4 is 16.2 Å². The zero-order valence-electron chi connectivity index (χ0n) is 15.3. The van der Waals surface area contributed by atoms with Gasteiger partial charge in [0.15, 0.2) is 0 Å². The molecular formula is C21H18N4O4. The van der Waals surface area contributed by atoms with Gasteiger partial charge >= 0.3 is 0 Å². The van der Waals surface area contributed by atoms with Gasteiger partial charge in [0.25, 0.3) is 17.4 Å². The largest absolute Gasteiger partial charge is 0.395 e. The van der Waals surface area contributed by atoms with Crippen molar-refractivity contribution in [2.75, 3.05) is 17.2 Å². The number of amides is 2. The fourth-order valence-corrected chi connectivity index (χ4v) is 3.20. The first-order valence-electron chi connectivity index (χ1n) is 8.99. The highest BCUT2D eigenvalue weighted by molar-refractivity contribution is 6.35. The van der Waals surface area contributed by atoms with Crippen molar-refractivity contribution in [3.05, 3.63) is 82.0 Å². The van der Waals surface area contributed by atoms with E-state index in [9.17, 15) is 14.4 Å². The Labute approximate surface area is 165 Å². The zero-order valence-corrected chi connectivity index (χ0v) is 15.3. The van der Waals surface area contributed by atoms with E-state index in [1.54, 1.807) is 36.5 Å². The number of H-pyrrole nitrogens is 1. The zero-order chi connectivity index (χ0) is 20.4. The van der Waals surface area contributed by atoms with Crippen molar-refractivity contribution >= 4 is 34.8 Å². The molecule has 1 aromatic carbocycles. The van der Waals surface area contributed by atoms with Crippen LogP contribution in [0.25, 0.3) is 11.6 Å². The summed E-state index contributed by atoms with van der Waals surface area (Å²) in [5, 5.41) is 14.5. The maximum absolute atomic E-state index is 12.5. The minimum absolute atomic E-state index is 0.0298. The van der Waals surface area contributed by atoms with E-state index >= 15 is 0 Å². The normalized spacial score (nSPS) is 14.0. The molecule has 1 aliphatic rings. The maximum Gasteiger partial charge on any atom is 0.263 e. The number of carbonyl (C=O) groups is 2. The molecule has 0 spiro atoms. The van der Waals surface area contributed by atoms with E-state index in [1.165, 1.54) is 16.8 Å². The van der Waals surface area contributed by atoms with Gasteiger partial charge in [0.2, 0.25) is 0 Å². The van der Waals surface area contributed by atoms with Gasteiger partial charge in [0.1, 0.15) is 5.56 Å². The summed E-state index contributed by atoms with van der Waals surface area (Å²) in [5.74, 6) is -0.790. The molecule has 0 aliphatic carbocycles. The average molecular weight is 390 g/mol. The number of aliphatic hydroxyl groups excluding tert-OH is 1. The number of nitrogens with one attached hydrogen (secondary N) is 3. The molecule has 8 nitrogen and oxygen atoms in total. The minimum atomic E-state index is -0.561. The molecule has 2 aromatic heterocycles. The third-order valence-electron chi connectivity index (χ3n) is 4.59. The Morgan fingerprint density at radius 3 is 2.79 bits per heavy atom. The lowest BCUT2D eigenvalue weighted by atomic mass is 10.1. The first-order valence-corrected chi connectivity index (χ1v) is 8.99. The van der Waals surface area contributed by atoms with E-state index in [0.717, 1.165) is 11.3 Å². The summed E-state index contributed by atoms with van der Waals surface area (Å²) in [7, 11) is 0. The van der Waals surface area contributed by atoms with E-state index in [-0.39, 0.29) is 24.6 Å². The van der Waals surface area contributed by atoms with Crippen molar-refractivity contribution in [3.63, 3.8) is 0 Å². The molecule has 146 valence electrons. The van der Waals surface area contributed by atoms with Crippen molar-refractivity contribution < 1.29 is 14.7 Å². The van der Waals surface area contributed by atoms with Crippen LogP contribution in [-0.2, 0) is 11.3 Å². The van der Waals surface area contributed by atoms with E-state index in [2.05, 4.69) is 15.6 Å². The second-order valence-corrected chi connectivity index (χ2v) is 6.50. The summed E-state index contributed by atoms with van der Waals surface area (Å²) >= 11 is 0. The molecule has 0 radical (unpaired) electrons. The Kier molecular flexibility index (Phi) is 4.84. The number of pyridine rings is 1. The van der Waals surface area contributed by atoms with E-state index in [0.29, 0.717) is 16.9 Å². The van der Waals surface area contributed by atoms with Crippen molar-refractivity contribution in [1.82, 2.24) is 9.55 Å². The number of rotatable bonds is 5. The maximum atomic E-state index is 12.5. The van der Waals surface area contributed by atoms with E-state index < -0.39 is 11.5 Å². The average Bonchev–Trinajstić information content (AvgIpc) is 3.32. The smallest absolute Gasteiger partial charge is 0.263 e.